The third kappa shape index (κ3) is 3.12. The number of hydrogen-bond donors (Lipinski definition) is 1. The summed E-state index contributed by atoms with van der Waals surface area (Å²) in [5, 5.41) is 19.4. The van der Waals surface area contributed by atoms with Gasteiger partial charge in [0.25, 0.3) is 5.69 Å². The summed E-state index contributed by atoms with van der Waals surface area (Å²) in [6, 6.07) is 12.8. The van der Waals surface area contributed by atoms with Crippen LogP contribution in [0.5, 0.6) is 5.75 Å². The highest BCUT2D eigenvalue weighted by atomic mass is 16.6. The molecule has 7 heteroatoms. The molecular weight excluding hydrogens is 344 g/mol. The summed E-state index contributed by atoms with van der Waals surface area (Å²) in [6.45, 7) is 2.77. The van der Waals surface area contributed by atoms with Crippen molar-refractivity contribution in [1.29, 1.82) is 0 Å². The smallest absolute Gasteiger partial charge is 0.271 e. The molecule has 2 aromatic carbocycles. The minimum Gasteiger partial charge on any atom is -0.497 e. The van der Waals surface area contributed by atoms with Crippen LogP contribution < -0.4 is 10.1 Å². The Bertz CT molecular complexity index is 1030. The van der Waals surface area contributed by atoms with Gasteiger partial charge < -0.3 is 10.1 Å². The van der Waals surface area contributed by atoms with Gasteiger partial charge in [-0.1, -0.05) is 18.2 Å². The molecule has 0 atom stereocenters. The highest BCUT2D eigenvalue weighted by molar-refractivity contribution is 5.60. The first kappa shape index (κ1) is 17.1. The lowest BCUT2D eigenvalue weighted by molar-refractivity contribution is -0.384. The molecule has 1 aromatic heterocycles. The van der Waals surface area contributed by atoms with Gasteiger partial charge in [-0.2, -0.15) is 5.10 Å². The van der Waals surface area contributed by atoms with Crippen molar-refractivity contribution in [3.05, 3.63) is 75.0 Å². The molecule has 138 valence electrons. The van der Waals surface area contributed by atoms with Crippen molar-refractivity contribution in [3.8, 4) is 11.4 Å². The normalized spacial score (nSPS) is 12.5. The number of anilines is 1. The van der Waals surface area contributed by atoms with Gasteiger partial charge in [-0.05, 0) is 36.6 Å². The molecule has 0 radical (unpaired) electrons. The molecule has 0 amide bonds. The number of aromatic nitrogens is 2. The van der Waals surface area contributed by atoms with Crippen LogP contribution in [0.1, 0.15) is 22.4 Å². The fourth-order valence-electron chi connectivity index (χ4n) is 3.48. The van der Waals surface area contributed by atoms with Crippen molar-refractivity contribution in [2.24, 2.45) is 0 Å². The number of ether oxygens (including phenoxy) is 1. The highest BCUT2D eigenvalue weighted by Crippen LogP contribution is 2.32. The van der Waals surface area contributed by atoms with Crippen LogP contribution in [-0.2, 0) is 12.8 Å². The molecule has 27 heavy (non-hydrogen) atoms. The third-order valence-corrected chi connectivity index (χ3v) is 4.87. The van der Waals surface area contributed by atoms with Crippen molar-refractivity contribution in [2.45, 2.75) is 19.8 Å². The van der Waals surface area contributed by atoms with Crippen LogP contribution >= 0.6 is 0 Å². The minimum absolute atomic E-state index is 0.0622. The maximum absolute atomic E-state index is 11.2. The number of benzene rings is 2. The van der Waals surface area contributed by atoms with Crippen LogP contribution in [0.15, 0.2) is 42.5 Å². The van der Waals surface area contributed by atoms with Crippen molar-refractivity contribution < 1.29 is 9.66 Å². The molecule has 3 aromatic rings. The monoisotopic (exact) mass is 364 g/mol. The first-order valence-electron chi connectivity index (χ1n) is 8.80. The van der Waals surface area contributed by atoms with Crippen LogP contribution in [0.25, 0.3) is 5.69 Å². The first-order valence-corrected chi connectivity index (χ1v) is 8.80. The minimum atomic E-state index is -0.378. The molecule has 1 N–H and O–H groups in total. The number of methoxy groups -OCH3 is 1. The number of non-ortho nitro benzene ring substituents is 1. The van der Waals surface area contributed by atoms with E-state index in [0.29, 0.717) is 6.42 Å². The topological polar surface area (TPSA) is 82.2 Å². The highest BCUT2D eigenvalue weighted by Gasteiger charge is 2.24. The largest absolute Gasteiger partial charge is 0.497 e. The summed E-state index contributed by atoms with van der Waals surface area (Å²) in [6.07, 6.45) is 1.57. The van der Waals surface area contributed by atoms with Crippen LogP contribution in [-0.4, -0.2) is 28.4 Å². The third-order valence-electron chi connectivity index (χ3n) is 4.87. The van der Waals surface area contributed by atoms with Crippen LogP contribution in [0.2, 0.25) is 0 Å². The Morgan fingerprint density at radius 1 is 1.30 bits per heavy atom. The Kier molecular flexibility index (Phi) is 4.27. The summed E-state index contributed by atoms with van der Waals surface area (Å²) in [4.78, 5) is 10.8. The van der Waals surface area contributed by atoms with Gasteiger partial charge in [-0.25, -0.2) is 4.68 Å². The summed E-state index contributed by atoms with van der Waals surface area (Å²) in [5.41, 5.74) is 4.99. The van der Waals surface area contributed by atoms with E-state index in [9.17, 15) is 10.1 Å². The molecule has 1 aliphatic heterocycles. The second-order valence-electron chi connectivity index (χ2n) is 6.62. The number of nitro groups is 1. The molecule has 0 unspecified atom stereocenters. The van der Waals surface area contributed by atoms with Gasteiger partial charge in [0.1, 0.15) is 11.6 Å². The predicted octanol–water partition coefficient (Wildman–Crippen LogP) is 3.66. The van der Waals surface area contributed by atoms with Crippen molar-refractivity contribution >= 4 is 11.5 Å². The van der Waals surface area contributed by atoms with E-state index in [4.69, 9.17) is 9.84 Å². The second-order valence-corrected chi connectivity index (χ2v) is 6.62. The maximum Gasteiger partial charge on any atom is 0.271 e. The Labute approximate surface area is 156 Å². The average molecular weight is 364 g/mol. The van der Waals surface area contributed by atoms with Gasteiger partial charge >= 0.3 is 0 Å². The number of nitrogens with zero attached hydrogens (tertiary/aromatic N) is 3. The van der Waals surface area contributed by atoms with Crippen LogP contribution in [0, 0.1) is 17.0 Å². The lowest BCUT2D eigenvalue weighted by Crippen LogP contribution is -2.07. The zero-order chi connectivity index (χ0) is 19.0. The summed E-state index contributed by atoms with van der Waals surface area (Å²) in [7, 11) is 1.65. The molecule has 4 rings (SSSR count). The Morgan fingerprint density at radius 2 is 2.15 bits per heavy atom. The lowest BCUT2D eigenvalue weighted by Gasteiger charge is -2.09. The Balaban J connectivity index is 1.77. The molecule has 0 saturated carbocycles. The summed E-state index contributed by atoms with van der Waals surface area (Å²) >= 11 is 0. The van der Waals surface area contributed by atoms with Crippen molar-refractivity contribution in [2.75, 3.05) is 19.0 Å². The van der Waals surface area contributed by atoms with Crippen LogP contribution in [0.4, 0.5) is 11.5 Å². The van der Waals surface area contributed by atoms with Gasteiger partial charge in [-0.3, -0.25) is 10.1 Å². The number of aryl methyl sites for hydroxylation is 1. The Hall–Kier alpha value is -3.35. The van der Waals surface area contributed by atoms with Gasteiger partial charge in [-0.15, -0.1) is 0 Å². The molecule has 0 saturated heterocycles. The van der Waals surface area contributed by atoms with Gasteiger partial charge in [0.05, 0.1) is 23.4 Å². The molecule has 0 aliphatic carbocycles. The maximum atomic E-state index is 11.2. The Morgan fingerprint density at radius 3 is 2.93 bits per heavy atom. The van der Waals surface area contributed by atoms with Crippen molar-refractivity contribution in [3.63, 3.8) is 0 Å². The van der Waals surface area contributed by atoms with E-state index in [1.54, 1.807) is 23.9 Å². The molecule has 0 fully saturated rings. The molecular formula is C20H20N4O3. The van der Waals surface area contributed by atoms with Crippen LogP contribution in [0.3, 0.4) is 0 Å². The summed E-state index contributed by atoms with van der Waals surface area (Å²) in [5.74, 6) is 1.74. The van der Waals surface area contributed by atoms with E-state index in [1.807, 2.05) is 25.1 Å². The number of fused-ring (bicyclic) bond motifs is 1. The molecule has 7 nitrogen and oxygen atoms in total. The SMILES string of the molecule is COc1cccc(Cc2nn(-c3cc([N+](=O)[O-])ccc3C)c3c2CCN3)c1. The number of nitro benzene ring substituents is 1. The van der Waals surface area contributed by atoms with E-state index in [2.05, 4.69) is 11.4 Å². The second kappa shape index (κ2) is 6.75. The molecule has 2 heterocycles. The van der Waals surface area contributed by atoms with Crippen molar-refractivity contribution in [1.82, 2.24) is 9.78 Å². The quantitative estimate of drug-likeness (QED) is 0.552. The lowest BCUT2D eigenvalue weighted by atomic mass is 10.1. The zero-order valence-corrected chi connectivity index (χ0v) is 15.2. The van der Waals surface area contributed by atoms with E-state index in [1.165, 1.54) is 11.6 Å². The first-order chi connectivity index (χ1) is 13.1. The fraction of sp³-hybridized carbons (Fsp3) is 0.250. The predicted molar refractivity (Wildman–Crippen MR) is 103 cm³/mol. The molecule has 0 bridgehead atoms. The number of rotatable bonds is 5. The molecule has 0 spiro atoms. The number of hydrogen-bond acceptors (Lipinski definition) is 5. The fourth-order valence-corrected chi connectivity index (χ4v) is 3.48. The van der Waals surface area contributed by atoms with E-state index in [0.717, 1.165) is 47.0 Å². The average Bonchev–Trinajstić information content (AvgIpc) is 3.26. The van der Waals surface area contributed by atoms with E-state index in [-0.39, 0.29) is 10.6 Å². The van der Waals surface area contributed by atoms with Gasteiger partial charge in [0, 0.05) is 30.7 Å². The number of nitrogens with one attached hydrogen (secondary N) is 1. The molecule has 1 aliphatic rings. The van der Waals surface area contributed by atoms with Gasteiger partial charge in [0.2, 0.25) is 0 Å². The van der Waals surface area contributed by atoms with E-state index < -0.39 is 0 Å². The standard InChI is InChI=1S/C20H20N4O3/c1-13-6-7-15(24(25)26)12-19(13)23-20-17(8-9-21-20)18(22-23)11-14-4-3-5-16(10-14)27-2/h3-7,10,12,21H,8-9,11H2,1-2H3. The van der Waals surface area contributed by atoms with Gasteiger partial charge in [0.15, 0.2) is 0 Å². The zero-order valence-electron chi connectivity index (χ0n) is 15.2. The summed E-state index contributed by atoms with van der Waals surface area (Å²) < 4.78 is 7.11. The van der Waals surface area contributed by atoms with E-state index >= 15 is 0 Å².